The van der Waals surface area contributed by atoms with Gasteiger partial charge < -0.3 is 43.6 Å². The molecule has 2 fully saturated rings. The molecule has 1 aromatic heterocycles. The predicted octanol–water partition coefficient (Wildman–Crippen LogP) is 0.418. The van der Waals surface area contributed by atoms with E-state index in [-0.39, 0.29) is 35.4 Å². The number of hydrogen-bond acceptors (Lipinski definition) is 13. The van der Waals surface area contributed by atoms with E-state index in [0.29, 0.717) is 19.8 Å². The van der Waals surface area contributed by atoms with Gasteiger partial charge in [0.1, 0.15) is 29.8 Å². The molecule has 4 atom stereocenters. The first-order valence-corrected chi connectivity index (χ1v) is 13.9. The van der Waals surface area contributed by atoms with Gasteiger partial charge in [0.2, 0.25) is 6.29 Å². The lowest BCUT2D eigenvalue weighted by atomic mass is 9.89. The number of carbonyl (C=O) groups excluding carboxylic acids is 2. The second kappa shape index (κ2) is 14.2. The van der Waals surface area contributed by atoms with Crippen LogP contribution in [0.5, 0.6) is 11.5 Å². The van der Waals surface area contributed by atoms with E-state index in [1.165, 1.54) is 19.2 Å². The molecule has 44 heavy (non-hydrogen) atoms. The molecule has 240 valence electrons. The standard InChI is InChI=1S/C29H37N3O12/c1-6-13-40-31-28(37)43-23-21(34)27(44-29(3,4)24(23)38-5)41-18-8-7-17-20(33)19(26(36)42-22(17)16(18)2)25(35)30-9-10-32-11-14-39-15-12-32/h1,7-8,21,23-24,27,33-34H,9-15H2,2-5H3,(H,30,35)(H,31,37). The molecule has 0 saturated carbocycles. The Morgan fingerprint density at radius 3 is 2.66 bits per heavy atom. The van der Waals surface area contributed by atoms with Gasteiger partial charge in [0.25, 0.3) is 5.91 Å². The summed E-state index contributed by atoms with van der Waals surface area (Å²) in [5, 5.41) is 24.8. The highest BCUT2D eigenvalue weighted by Crippen LogP contribution is 2.37. The van der Waals surface area contributed by atoms with E-state index < -0.39 is 59.1 Å². The van der Waals surface area contributed by atoms with Crippen molar-refractivity contribution in [3.05, 3.63) is 33.7 Å². The van der Waals surface area contributed by atoms with E-state index in [0.717, 1.165) is 13.1 Å². The van der Waals surface area contributed by atoms with Crippen molar-refractivity contribution >= 4 is 23.0 Å². The Kier molecular flexibility index (Phi) is 10.7. The van der Waals surface area contributed by atoms with Crippen molar-refractivity contribution < 1.29 is 52.7 Å². The molecule has 15 nitrogen and oxygen atoms in total. The Balaban J connectivity index is 1.53. The van der Waals surface area contributed by atoms with E-state index in [4.69, 9.17) is 39.4 Å². The van der Waals surface area contributed by atoms with E-state index in [9.17, 15) is 24.6 Å². The summed E-state index contributed by atoms with van der Waals surface area (Å²) in [5.74, 6) is 0.997. The highest BCUT2D eigenvalue weighted by Gasteiger charge is 2.53. The normalized spacial score (nSPS) is 23.5. The van der Waals surface area contributed by atoms with Crippen molar-refractivity contribution in [3.63, 3.8) is 0 Å². The molecule has 0 bridgehead atoms. The van der Waals surface area contributed by atoms with Crippen LogP contribution in [0.25, 0.3) is 11.0 Å². The fourth-order valence-electron chi connectivity index (χ4n) is 5.15. The number of aromatic hydroxyl groups is 1. The third kappa shape index (κ3) is 7.24. The van der Waals surface area contributed by atoms with E-state index in [1.807, 2.05) is 5.48 Å². The molecular formula is C29H37N3O12. The molecule has 2 aliphatic heterocycles. The van der Waals surface area contributed by atoms with Crippen molar-refractivity contribution in [2.24, 2.45) is 0 Å². The number of ether oxygens (including phenoxy) is 5. The van der Waals surface area contributed by atoms with Crippen molar-refractivity contribution in [1.82, 2.24) is 15.7 Å². The Morgan fingerprint density at radius 1 is 1.25 bits per heavy atom. The lowest BCUT2D eigenvalue weighted by Crippen LogP contribution is -2.65. The number of hydroxylamine groups is 1. The fourth-order valence-corrected chi connectivity index (χ4v) is 5.15. The Labute approximate surface area is 253 Å². The Hall–Kier alpha value is -3.91. The number of aryl methyl sites for hydroxylation is 1. The van der Waals surface area contributed by atoms with E-state index in [2.05, 4.69) is 16.1 Å². The lowest BCUT2D eigenvalue weighted by molar-refractivity contribution is -0.305. The molecule has 4 N–H and O–H groups in total. The number of carbonyl (C=O) groups is 2. The quantitative estimate of drug-likeness (QED) is 0.124. The zero-order valence-electron chi connectivity index (χ0n) is 24.9. The maximum Gasteiger partial charge on any atom is 0.431 e. The van der Waals surface area contributed by atoms with Crippen LogP contribution in [0.4, 0.5) is 4.79 Å². The molecular weight excluding hydrogens is 582 g/mol. The first-order chi connectivity index (χ1) is 21.0. The smallest absolute Gasteiger partial charge is 0.431 e. The lowest BCUT2D eigenvalue weighted by Gasteiger charge is -2.47. The summed E-state index contributed by atoms with van der Waals surface area (Å²) in [4.78, 5) is 44.8. The minimum Gasteiger partial charge on any atom is -0.506 e. The summed E-state index contributed by atoms with van der Waals surface area (Å²) in [6.07, 6.45) is -1.04. The summed E-state index contributed by atoms with van der Waals surface area (Å²) < 4.78 is 33.6. The molecule has 4 rings (SSSR count). The second-order valence-electron chi connectivity index (χ2n) is 10.7. The molecule has 0 spiro atoms. The summed E-state index contributed by atoms with van der Waals surface area (Å²) in [5.41, 5.74) is -0.427. The fraction of sp³-hybridized carbons (Fsp3) is 0.552. The van der Waals surface area contributed by atoms with Crippen LogP contribution in [0.2, 0.25) is 0 Å². The molecule has 2 amide bonds. The SMILES string of the molecule is C#CCONC(=O)OC1C(O)C(Oc2ccc3c(O)c(C(=O)NCCN4CCOCC4)c(=O)oc3c2C)OC(C)(C)C1OC. The Bertz CT molecular complexity index is 1450. The van der Waals surface area contributed by atoms with Crippen LogP contribution in [0, 0.1) is 19.3 Å². The number of benzene rings is 1. The molecule has 0 aliphatic carbocycles. The van der Waals surface area contributed by atoms with Crippen LogP contribution < -0.4 is 21.2 Å². The molecule has 2 aliphatic rings. The number of nitrogens with one attached hydrogen (secondary N) is 2. The second-order valence-corrected chi connectivity index (χ2v) is 10.7. The first-order valence-electron chi connectivity index (χ1n) is 13.9. The Morgan fingerprint density at radius 2 is 1.98 bits per heavy atom. The molecule has 2 aromatic rings. The van der Waals surface area contributed by atoms with Gasteiger partial charge in [0.15, 0.2) is 17.8 Å². The summed E-state index contributed by atoms with van der Waals surface area (Å²) in [6.45, 7) is 8.18. The number of aliphatic hydroxyl groups is 1. The van der Waals surface area contributed by atoms with Gasteiger partial charge in [0.05, 0.1) is 24.2 Å². The van der Waals surface area contributed by atoms with Crippen molar-refractivity contribution in [2.45, 2.75) is 51.0 Å². The van der Waals surface area contributed by atoms with Gasteiger partial charge in [-0.3, -0.25) is 14.5 Å². The highest BCUT2D eigenvalue weighted by molar-refractivity contribution is 6.02. The largest absolute Gasteiger partial charge is 0.506 e. The summed E-state index contributed by atoms with van der Waals surface area (Å²) in [7, 11) is 1.37. The number of morpholine rings is 1. The van der Waals surface area contributed by atoms with Crippen LogP contribution in [-0.2, 0) is 23.8 Å². The van der Waals surface area contributed by atoms with Gasteiger partial charge >= 0.3 is 11.7 Å². The highest BCUT2D eigenvalue weighted by atomic mass is 16.7. The van der Waals surface area contributed by atoms with Crippen LogP contribution in [0.15, 0.2) is 21.3 Å². The van der Waals surface area contributed by atoms with Gasteiger partial charge in [-0.05, 0) is 32.9 Å². The van der Waals surface area contributed by atoms with Gasteiger partial charge in [-0.25, -0.2) is 9.59 Å². The van der Waals surface area contributed by atoms with Gasteiger partial charge in [-0.1, -0.05) is 5.92 Å². The number of terminal acetylenes is 1. The van der Waals surface area contributed by atoms with Crippen molar-refractivity contribution in [1.29, 1.82) is 0 Å². The molecule has 2 saturated heterocycles. The summed E-state index contributed by atoms with van der Waals surface area (Å²) >= 11 is 0. The maximum absolute atomic E-state index is 12.9. The van der Waals surface area contributed by atoms with Crippen LogP contribution in [0.1, 0.15) is 29.8 Å². The first kappa shape index (κ1) is 33.0. The van der Waals surface area contributed by atoms with Crippen LogP contribution in [0.3, 0.4) is 0 Å². The predicted molar refractivity (Wildman–Crippen MR) is 153 cm³/mol. The number of fused-ring (bicyclic) bond motifs is 1. The number of methoxy groups -OCH3 is 1. The molecule has 0 radical (unpaired) electrons. The third-order valence-corrected chi connectivity index (χ3v) is 7.36. The zero-order valence-corrected chi connectivity index (χ0v) is 24.9. The number of hydrogen-bond donors (Lipinski definition) is 4. The molecule has 1 aromatic carbocycles. The van der Waals surface area contributed by atoms with Crippen LogP contribution in [-0.4, -0.2) is 110 Å². The van der Waals surface area contributed by atoms with Crippen molar-refractivity contribution in [2.75, 3.05) is 53.1 Å². The average Bonchev–Trinajstić information content (AvgIpc) is 2.98. The minimum absolute atomic E-state index is 0.0352. The number of nitrogens with zero attached hydrogens (tertiary/aromatic N) is 1. The zero-order chi connectivity index (χ0) is 32.0. The van der Waals surface area contributed by atoms with Gasteiger partial charge in [-0.2, -0.15) is 5.48 Å². The van der Waals surface area contributed by atoms with E-state index in [1.54, 1.807) is 20.8 Å². The van der Waals surface area contributed by atoms with Gasteiger partial charge in [-0.15, -0.1) is 6.42 Å². The average molecular weight is 620 g/mol. The van der Waals surface area contributed by atoms with Crippen LogP contribution >= 0.6 is 0 Å². The molecule has 4 unspecified atom stereocenters. The van der Waals surface area contributed by atoms with Gasteiger partial charge in [0, 0.05) is 38.9 Å². The minimum atomic E-state index is -1.55. The summed E-state index contributed by atoms with van der Waals surface area (Å²) in [6, 6.07) is 2.86. The maximum atomic E-state index is 12.9. The number of amides is 2. The number of aliphatic hydroxyl groups excluding tert-OH is 1. The monoisotopic (exact) mass is 619 g/mol. The molecule has 3 heterocycles. The van der Waals surface area contributed by atoms with Crippen molar-refractivity contribution in [3.8, 4) is 23.8 Å². The third-order valence-electron chi connectivity index (χ3n) is 7.36. The molecule has 15 heteroatoms. The van der Waals surface area contributed by atoms with E-state index >= 15 is 0 Å². The topological polar surface area (TPSA) is 187 Å². The number of rotatable bonds is 10.